The number of ketones is 1. The third-order valence-corrected chi connectivity index (χ3v) is 6.28. The molecule has 138 valence electrons. The van der Waals surface area contributed by atoms with Crippen LogP contribution < -0.4 is 15.3 Å². The standard InChI is InChI=1S/C21H16F3O2P/c22-21(23,24)26-17-13-11-16(12-14-17)20(25)15-27(18-7-3-1-4-8-18)19-9-5-2-6-10-19/h1-15,27H. The van der Waals surface area contributed by atoms with Crippen molar-refractivity contribution >= 4 is 29.7 Å². The summed E-state index contributed by atoms with van der Waals surface area (Å²) in [5.41, 5.74) is 0.318. The molecule has 0 aliphatic rings. The summed E-state index contributed by atoms with van der Waals surface area (Å²) >= 11 is 0. The summed E-state index contributed by atoms with van der Waals surface area (Å²) in [6.45, 7) is 0. The zero-order valence-electron chi connectivity index (χ0n) is 14.1. The first-order valence-electron chi connectivity index (χ1n) is 8.15. The fourth-order valence-electron chi connectivity index (χ4n) is 2.60. The molecule has 0 bridgehead atoms. The van der Waals surface area contributed by atoms with Crippen LogP contribution in [0, 0.1) is 0 Å². The fraction of sp³-hybridized carbons (Fsp3) is 0.0476. The van der Waals surface area contributed by atoms with Gasteiger partial charge in [-0.05, 0) is 40.7 Å². The summed E-state index contributed by atoms with van der Waals surface area (Å²) in [6, 6.07) is 24.4. The molecule has 0 spiro atoms. The lowest BCUT2D eigenvalue weighted by atomic mass is 10.1. The van der Waals surface area contributed by atoms with E-state index in [1.165, 1.54) is 12.1 Å². The molecule has 0 saturated carbocycles. The SMILES string of the molecule is O=C(C=[PH](c1ccccc1)c1ccccc1)c1ccc(OC(F)(F)F)cc1. The second kappa shape index (κ2) is 8.28. The number of halogens is 3. The van der Waals surface area contributed by atoms with Gasteiger partial charge in [-0.1, -0.05) is 68.2 Å². The molecule has 3 rings (SSSR count). The molecule has 27 heavy (non-hydrogen) atoms. The molecule has 0 aliphatic heterocycles. The molecular formula is C21H16F3O2P. The van der Waals surface area contributed by atoms with E-state index in [-0.39, 0.29) is 11.5 Å². The maximum atomic E-state index is 12.7. The summed E-state index contributed by atoms with van der Waals surface area (Å²) in [5.74, 6) is 1.10. The van der Waals surface area contributed by atoms with Gasteiger partial charge in [-0.3, -0.25) is 4.79 Å². The third-order valence-electron chi connectivity index (χ3n) is 3.82. The number of hydrogen-bond acceptors (Lipinski definition) is 2. The molecule has 0 radical (unpaired) electrons. The lowest BCUT2D eigenvalue weighted by Gasteiger charge is -2.11. The molecular weight excluding hydrogens is 372 g/mol. The van der Waals surface area contributed by atoms with E-state index < -0.39 is 13.9 Å². The Balaban J connectivity index is 1.92. The highest BCUT2D eigenvalue weighted by Gasteiger charge is 2.31. The smallest absolute Gasteiger partial charge is 0.406 e. The third kappa shape index (κ3) is 5.35. The quantitative estimate of drug-likeness (QED) is 0.477. The van der Waals surface area contributed by atoms with Crippen LogP contribution in [0.15, 0.2) is 84.9 Å². The van der Waals surface area contributed by atoms with Gasteiger partial charge in [0.15, 0.2) is 5.78 Å². The number of benzene rings is 3. The molecule has 3 aromatic rings. The van der Waals surface area contributed by atoms with E-state index in [1.54, 1.807) is 5.80 Å². The highest BCUT2D eigenvalue weighted by molar-refractivity contribution is 7.73. The molecule has 2 nitrogen and oxygen atoms in total. The number of ether oxygens (including phenoxy) is 1. The van der Waals surface area contributed by atoms with Crippen LogP contribution >= 0.6 is 7.55 Å². The van der Waals surface area contributed by atoms with Crippen LogP contribution in [0.4, 0.5) is 13.2 Å². The lowest BCUT2D eigenvalue weighted by Crippen LogP contribution is -2.17. The Morgan fingerprint density at radius 3 is 1.70 bits per heavy atom. The molecule has 0 unspecified atom stereocenters. The van der Waals surface area contributed by atoms with E-state index in [0.29, 0.717) is 5.56 Å². The van der Waals surface area contributed by atoms with Gasteiger partial charge in [-0.25, -0.2) is 0 Å². The van der Waals surface area contributed by atoms with Crippen molar-refractivity contribution in [3.05, 3.63) is 90.5 Å². The summed E-state index contributed by atoms with van der Waals surface area (Å²) in [4.78, 5) is 12.7. The number of hydrogen-bond donors (Lipinski definition) is 0. The maximum absolute atomic E-state index is 12.7. The van der Waals surface area contributed by atoms with Crippen LogP contribution in [0.2, 0.25) is 0 Å². The Morgan fingerprint density at radius 2 is 1.26 bits per heavy atom. The minimum Gasteiger partial charge on any atom is -0.406 e. The van der Waals surface area contributed by atoms with Gasteiger partial charge in [0.1, 0.15) is 5.75 Å². The van der Waals surface area contributed by atoms with E-state index in [4.69, 9.17) is 0 Å². The van der Waals surface area contributed by atoms with E-state index in [9.17, 15) is 18.0 Å². The van der Waals surface area contributed by atoms with Gasteiger partial charge >= 0.3 is 6.36 Å². The molecule has 0 fully saturated rings. The topological polar surface area (TPSA) is 26.3 Å². The Hall–Kier alpha value is -2.78. The molecule has 0 heterocycles. The van der Waals surface area contributed by atoms with Crippen LogP contribution in [-0.2, 0) is 0 Å². The average Bonchev–Trinajstić information content (AvgIpc) is 2.66. The van der Waals surface area contributed by atoms with Crippen LogP contribution in [-0.4, -0.2) is 17.9 Å². The van der Waals surface area contributed by atoms with Crippen LogP contribution in [0.1, 0.15) is 10.4 Å². The van der Waals surface area contributed by atoms with Gasteiger partial charge in [-0.15, -0.1) is 13.2 Å². The monoisotopic (exact) mass is 388 g/mol. The van der Waals surface area contributed by atoms with Crippen molar-refractivity contribution in [1.82, 2.24) is 0 Å². The van der Waals surface area contributed by atoms with Crippen molar-refractivity contribution in [1.29, 1.82) is 0 Å². The second-order valence-corrected chi connectivity index (χ2v) is 8.00. The molecule has 0 atom stereocenters. The summed E-state index contributed by atoms with van der Waals surface area (Å²) < 4.78 is 40.6. The Bertz CT molecular complexity index is 893. The first-order chi connectivity index (χ1) is 12.9. The van der Waals surface area contributed by atoms with E-state index in [1.807, 2.05) is 60.7 Å². The van der Waals surface area contributed by atoms with Crippen LogP contribution in [0.25, 0.3) is 0 Å². The number of carbonyl (C=O) groups excluding carboxylic acids is 1. The van der Waals surface area contributed by atoms with Crippen molar-refractivity contribution in [3.63, 3.8) is 0 Å². The first kappa shape index (κ1) is 19.0. The van der Waals surface area contributed by atoms with Crippen molar-refractivity contribution < 1.29 is 22.7 Å². The number of Topliss-reactive ketones (excluding diaryl/α,β-unsaturated/α-hetero) is 1. The van der Waals surface area contributed by atoms with Gasteiger partial charge < -0.3 is 4.74 Å². The summed E-state index contributed by atoms with van der Waals surface area (Å²) in [7, 11) is -1.47. The second-order valence-electron chi connectivity index (χ2n) is 5.73. The highest BCUT2D eigenvalue weighted by Crippen LogP contribution is 2.24. The van der Waals surface area contributed by atoms with Crippen molar-refractivity contribution in [2.45, 2.75) is 6.36 Å². The number of alkyl halides is 3. The molecule has 0 aliphatic carbocycles. The maximum Gasteiger partial charge on any atom is 0.573 e. The van der Waals surface area contributed by atoms with Crippen LogP contribution in [0.5, 0.6) is 5.75 Å². The minimum atomic E-state index is -4.76. The summed E-state index contributed by atoms with van der Waals surface area (Å²) in [5, 5.41) is 2.11. The van der Waals surface area contributed by atoms with E-state index >= 15 is 0 Å². The van der Waals surface area contributed by atoms with Crippen molar-refractivity contribution in [2.75, 3.05) is 0 Å². The van der Waals surface area contributed by atoms with Crippen LogP contribution in [0.3, 0.4) is 0 Å². The normalized spacial score (nSPS) is 11.3. The Kier molecular flexibility index (Phi) is 5.82. The van der Waals surface area contributed by atoms with Gasteiger partial charge in [-0.2, -0.15) is 0 Å². The zero-order valence-corrected chi connectivity index (χ0v) is 15.1. The lowest BCUT2D eigenvalue weighted by molar-refractivity contribution is -0.274. The zero-order chi connectivity index (χ0) is 19.3. The van der Waals surface area contributed by atoms with E-state index in [0.717, 1.165) is 22.7 Å². The number of carbonyl (C=O) groups is 1. The van der Waals surface area contributed by atoms with Gasteiger partial charge in [0.25, 0.3) is 0 Å². The molecule has 0 amide bonds. The highest BCUT2D eigenvalue weighted by atomic mass is 31.1. The van der Waals surface area contributed by atoms with Gasteiger partial charge in [0.2, 0.25) is 0 Å². The predicted molar refractivity (Wildman–Crippen MR) is 104 cm³/mol. The predicted octanol–water partition coefficient (Wildman–Crippen LogP) is 4.44. The first-order valence-corrected chi connectivity index (χ1v) is 9.73. The molecule has 3 aromatic carbocycles. The molecule has 6 heteroatoms. The van der Waals surface area contributed by atoms with E-state index in [2.05, 4.69) is 4.74 Å². The fourth-order valence-corrected chi connectivity index (χ4v) is 4.80. The van der Waals surface area contributed by atoms with Crippen molar-refractivity contribution in [2.24, 2.45) is 0 Å². The number of rotatable bonds is 5. The van der Waals surface area contributed by atoms with Crippen molar-refractivity contribution in [3.8, 4) is 5.75 Å². The Labute approximate surface area is 155 Å². The molecule has 0 N–H and O–H groups in total. The largest absolute Gasteiger partial charge is 0.573 e. The van der Waals surface area contributed by atoms with Gasteiger partial charge in [0.05, 0.1) is 0 Å². The Morgan fingerprint density at radius 1 is 0.778 bits per heavy atom. The molecule has 0 aromatic heterocycles. The summed E-state index contributed by atoms with van der Waals surface area (Å²) in [6.07, 6.45) is -4.76. The minimum absolute atomic E-state index is 0.227. The average molecular weight is 388 g/mol. The van der Waals surface area contributed by atoms with Gasteiger partial charge in [0, 0.05) is 5.56 Å². The molecule has 0 saturated heterocycles.